The Hall–Kier alpha value is -1.71. The standard InChI is InChI=1S/C17H24N2O2/c20-16(19-14-8-2-1-3-9-14)12-21-15-10-4-6-13-7-5-11-18-17(13)15/h4,6,10,14,18H,1-3,5,7-9,11-12H2,(H,19,20). The van der Waals surface area contributed by atoms with Crippen molar-refractivity contribution in [3.05, 3.63) is 23.8 Å². The van der Waals surface area contributed by atoms with Crippen molar-refractivity contribution >= 4 is 11.6 Å². The number of fused-ring (bicyclic) bond motifs is 1. The summed E-state index contributed by atoms with van der Waals surface area (Å²) in [5.41, 5.74) is 2.35. The fourth-order valence-corrected chi connectivity index (χ4v) is 3.26. The Morgan fingerprint density at radius 1 is 1.24 bits per heavy atom. The first kappa shape index (κ1) is 14.2. The second-order valence-corrected chi connectivity index (χ2v) is 6.01. The molecule has 0 atom stereocenters. The van der Waals surface area contributed by atoms with Crippen LogP contribution in [-0.2, 0) is 11.2 Å². The molecule has 2 aliphatic rings. The summed E-state index contributed by atoms with van der Waals surface area (Å²) in [7, 11) is 0. The van der Waals surface area contributed by atoms with E-state index in [1.807, 2.05) is 12.1 Å². The summed E-state index contributed by atoms with van der Waals surface area (Å²) in [6.07, 6.45) is 8.18. The van der Waals surface area contributed by atoms with E-state index in [1.165, 1.54) is 24.8 Å². The molecule has 0 unspecified atom stereocenters. The topological polar surface area (TPSA) is 50.4 Å². The Bertz CT molecular complexity index is 496. The van der Waals surface area contributed by atoms with Crippen LogP contribution < -0.4 is 15.4 Å². The molecule has 0 spiro atoms. The third-order valence-electron chi connectivity index (χ3n) is 4.37. The molecule has 3 rings (SSSR count). The zero-order valence-corrected chi connectivity index (χ0v) is 12.5. The van der Waals surface area contributed by atoms with Crippen LogP contribution in [0, 0.1) is 0 Å². The molecule has 0 aromatic heterocycles. The molecule has 4 heteroatoms. The number of carbonyl (C=O) groups excluding carboxylic acids is 1. The van der Waals surface area contributed by atoms with Crippen molar-refractivity contribution < 1.29 is 9.53 Å². The lowest BCUT2D eigenvalue weighted by atomic mass is 9.95. The molecular weight excluding hydrogens is 264 g/mol. The first-order valence-electron chi connectivity index (χ1n) is 8.11. The Kier molecular flexibility index (Phi) is 4.63. The molecular formula is C17H24N2O2. The van der Waals surface area contributed by atoms with Gasteiger partial charge in [0.15, 0.2) is 6.61 Å². The quantitative estimate of drug-likeness (QED) is 0.895. The first-order chi connectivity index (χ1) is 10.3. The predicted molar refractivity (Wildman–Crippen MR) is 83.8 cm³/mol. The van der Waals surface area contributed by atoms with Crippen LogP contribution in [0.25, 0.3) is 0 Å². The van der Waals surface area contributed by atoms with Crippen molar-refractivity contribution in [3.8, 4) is 5.75 Å². The van der Waals surface area contributed by atoms with Gasteiger partial charge in [-0.3, -0.25) is 4.79 Å². The number of rotatable bonds is 4. The minimum absolute atomic E-state index is 0.00434. The lowest BCUT2D eigenvalue weighted by molar-refractivity contribution is -0.124. The molecule has 1 aliphatic carbocycles. The highest BCUT2D eigenvalue weighted by Gasteiger charge is 2.17. The lowest BCUT2D eigenvalue weighted by Crippen LogP contribution is -2.39. The van der Waals surface area contributed by atoms with Gasteiger partial charge in [0.1, 0.15) is 5.75 Å². The number of carbonyl (C=O) groups is 1. The molecule has 4 nitrogen and oxygen atoms in total. The maximum atomic E-state index is 12.0. The summed E-state index contributed by atoms with van der Waals surface area (Å²) >= 11 is 0. The molecule has 114 valence electrons. The minimum atomic E-state index is -0.00434. The summed E-state index contributed by atoms with van der Waals surface area (Å²) in [5, 5.41) is 6.46. The molecule has 1 aromatic carbocycles. The maximum absolute atomic E-state index is 12.0. The lowest BCUT2D eigenvalue weighted by Gasteiger charge is -2.23. The molecule has 1 heterocycles. The van der Waals surface area contributed by atoms with Crippen LogP contribution in [0.3, 0.4) is 0 Å². The number of amides is 1. The Labute approximate surface area is 126 Å². The van der Waals surface area contributed by atoms with Crippen LogP contribution in [0.4, 0.5) is 5.69 Å². The molecule has 1 saturated carbocycles. The van der Waals surface area contributed by atoms with Crippen molar-refractivity contribution in [1.29, 1.82) is 0 Å². The summed E-state index contributed by atoms with van der Waals surface area (Å²) in [5.74, 6) is 0.793. The SMILES string of the molecule is O=C(COc1cccc2c1NCCC2)NC1CCCCC1. The summed E-state index contributed by atoms with van der Waals surface area (Å²) < 4.78 is 5.73. The number of aryl methyl sites for hydroxylation is 1. The third-order valence-corrected chi connectivity index (χ3v) is 4.37. The van der Waals surface area contributed by atoms with Crippen molar-refractivity contribution in [2.75, 3.05) is 18.5 Å². The molecule has 0 radical (unpaired) electrons. The molecule has 1 amide bonds. The fourth-order valence-electron chi connectivity index (χ4n) is 3.26. The smallest absolute Gasteiger partial charge is 0.258 e. The van der Waals surface area contributed by atoms with Gasteiger partial charge < -0.3 is 15.4 Å². The first-order valence-corrected chi connectivity index (χ1v) is 8.11. The van der Waals surface area contributed by atoms with Gasteiger partial charge >= 0.3 is 0 Å². The van der Waals surface area contributed by atoms with E-state index in [1.54, 1.807) is 0 Å². The van der Waals surface area contributed by atoms with E-state index in [4.69, 9.17) is 4.74 Å². The number of para-hydroxylation sites is 1. The van der Waals surface area contributed by atoms with Gasteiger partial charge in [0.25, 0.3) is 5.91 Å². The third kappa shape index (κ3) is 3.69. The zero-order chi connectivity index (χ0) is 14.5. The Balaban J connectivity index is 1.53. The Morgan fingerprint density at radius 2 is 2.10 bits per heavy atom. The number of nitrogens with one attached hydrogen (secondary N) is 2. The van der Waals surface area contributed by atoms with Gasteiger partial charge in [0.05, 0.1) is 5.69 Å². The van der Waals surface area contributed by atoms with E-state index in [2.05, 4.69) is 16.7 Å². The number of benzene rings is 1. The van der Waals surface area contributed by atoms with Crippen LogP contribution in [-0.4, -0.2) is 25.1 Å². The van der Waals surface area contributed by atoms with Gasteiger partial charge in [-0.1, -0.05) is 31.4 Å². The van der Waals surface area contributed by atoms with E-state index >= 15 is 0 Å². The highest BCUT2D eigenvalue weighted by atomic mass is 16.5. The van der Waals surface area contributed by atoms with Gasteiger partial charge in [-0.05, 0) is 37.3 Å². The number of hydrogen-bond donors (Lipinski definition) is 2. The predicted octanol–water partition coefficient (Wildman–Crippen LogP) is 2.87. The number of ether oxygens (including phenoxy) is 1. The summed E-state index contributed by atoms with van der Waals surface area (Å²) in [4.78, 5) is 12.0. The van der Waals surface area contributed by atoms with Crippen LogP contribution >= 0.6 is 0 Å². The maximum Gasteiger partial charge on any atom is 0.258 e. The molecule has 0 bridgehead atoms. The molecule has 1 aromatic rings. The van der Waals surface area contributed by atoms with E-state index in [0.29, 0.717) is 6.04 Å². The van der Waals surface area contributed by atoms with Gasteiger partial charge in [-0.15, -0.1) is 0 Å². The van der Waals surface area contributed by atoms with Crippen LogP contribution in [0.5, 0.6) is 5.75 Å². The zero-order valence-electron chi connectivity index (χ0n) is 12.5. The van der Waals surface area contributed by atoms with Crippen molar-refractivity contribution in [1.82, 2.24) is 5.32 Å². The Morgan fingerprint density at radius 3 is 2.95 bits per heavy atom. The second-order valence-electron chi connectivity index (χ2n) is 6.01. The summed E-state index contributed by atoms with van der Waals surface area (Å²) in [6.45, 7) is 1.08. The van der Waals surface area contributed by atoms with Crippen molar-refractivity contribution in [2.45, 2.75) is 51.0 Å². The van der Waals surface area contributed by atoms with Crippen LogP contribution in [0.2, 0.25) is 0 Å². The van der Waals surface area contributed by atoms with E-state index in [9.17, 15) is 4.79 Å². The highest BCUT2D eigenvalue weighted by molar-refractivity contribution is 5.78. The van der Waals surface area contributed by atoms with Crippen molar-refractivity contribution in [2.24, 2.45) is 0 Å². The van der Waals surface area contributed by atoms with Gasteiger partial charge in [0, 0.05) is 12.6 Å². The van der Waals surface area contributed by atoms with E-state index in [0.717, 1.165) is 43.7 Å². The molecule has 21 heavy (non-hydrogen) atoms. The van der Waals surface area contributed by atoms with E-state index in [-0.39, 0.29) is 12.5 Å². The molecule has 1 aliphatic heterocycles. The molecule has 0 saturated heterocycles. The highest BCUT2D eigenvalue weighted by Crippen LogP contribution is 2.31. The van der Waals surface area contributed by atoms with Gasteiger partial charge in [-0.2, -0.15) is 0 Å². The fraction of sp³-hybridized carbons (Fsp3) is 0.588. The van der Waals surface area contributed by atoms with Gasteiger partial charge in [-0.25, -0.2) is 0 Å². The van der Waals surface area contributed by atoms with Crippen molar-refractivity contribution in [3.63, 3.8) is 0 Å². The van der Waals surface area contributed by atoms with Gasteiger partial charge in [0.2, 0.25) is 0 Å². The monoisotopic (exact) mass is 288 g/mol. The normalized spacial score (nSPS) is 18.5. The van der Waals surface area contributed by atoms with Crippen LogP contribution in [0.1, 0.15) is 44.1 Å². The average molecular weight is 288 g/mol. The largest absolute Gasteiger partial charge is 0.482 e. The van der Waals surface area contributed by atoms with Crippen LogP contribution in [0.15, 0.2) is 18.2 Å². The number of hydrogen-bond acceptors (Lipinski definition) is 3. The second kappa shape index (κ2) is 6.83. The number of anilines is 1. The summed E-state index contributed by atoms with van der Waals surface area (Å²) in [6, 6.07) is 6.40. The molecule has 1 fully saturated rings. The average Bonchev–Trinajstić information content (AvgIpc) is 2.54. The minimum Gasteiger partial charge on any atom is -0.482 e. The van der Waals surface area contributed by atoms with E-state index < -0.39 is 0 Å². The molecule has 2 N–H and O–H groups in total.